The summed E-state index contributed by atoms with van der Waals surface area (Å²) < 4.78 is 0. The summed E-state index contributed by atoms with van der Waals surface area (Å²) in [5.74, 6) is 3.76. The van der Waals surface area contributed by atoms with E-state index < -0.39 is 0 Å². The minimum atomic E-state index is 0.615. The first-order valence-electron chi connectivity index (χ1n) is 21.3. The Morgan fingerprint density at radius 3 is 0.859 bits per heavy atom. The van der Waals surface area contributed by atoms with Gasteiger partial charge in [0.15, 0.2) is 34.9 Å². The van der Waals surface area contributed by atoms with Crippen molar-refractivity contribution in [2.45, 2.75) is 0 Å². The average molecular weight is 819 g/mol. The molecule has 6 heteroatoms. The van der Waals surface area contributed by atoms with Gasteiger partial charge >= 0.3 is 0 Å². The fourth-order valence-electron chi connectivity index (χ4n) is 8.06. The predicted octanol–water partition coefficient (Wildman–Crippen LogP) is 14.2. The molecule has 0 radical (unpaired) electrons. The van der Waals surface area contributed by atoms with Crippen LogP contribution in [0.2, 0.25) is 0 Å². The Bertz CT molecular complexity index is 3280. The molecule has 0 amide bonds. The average Bonchev–Trinajstić information content (AvgIpc) is 3.39. The van der Waals surface area contributed by atoms with Crippen molar-refractivity contribution < 1.29 is 0 Å². The highest BCUT2D eigenvalue weighted by atomic mass is 15.0. The molecule has 0 bridgehead atoms. The Labute approximate surface area is 371 Å². The summed E-state index contributed by atoms with van der Waals surface area (Å²) in [5.41, 5.74) is 12.2. The van der Waals surface area contributed by atoms with Crippen LogP contribution >= 0.6 is 0 Å². The van der Waals surface area contributed by atoms with E-state index in [0.29, 0.717) is 34.9 Å². The molecule has 9 aromatic carbocycles. The first-order chi connectivity index (χ1) is 31.7. The second-order valence-electron chi connectivity index (χ2n) is 15.6. The standard InChI is InChI=1S/C58H38N6/c1-5-16-42(17-6-1)53-59-54(43-18-7-2-8-19-43)62-57(61-53)46-30-26-40(27-31-46)51-36-35-50(49-34-25-39-15-13-14-24-48(39)37-49)38-52(51)41-28-32-47(33-29-41)58-63-55(44-20-9-3-10-21-44)60-56(64-58)45-22-11-4-12-23-45/h1-38H. The summed E-state index contributed by atoms with van der Waals surface area (Å²) in [7, 11) is 0. The Morgan fingerprint density at radius 2 is 0.453 bits per heavy atom. The van der Waals surface area contributed by atoms with Gasteiger partial charge in [0.2, 0.25) is 0 Å². The van der Waals surface area contributed by atoms with Crippen molar-refractivity contribution in [1.29, 1.82) is 0 Å². The first kappa shape index (κ1) is 38.2. The predicted molar refractivity (Wildman–Crippen MR) is 260 cm³/mol. The van der Waals surface area contributed by atoms with Crippen molar-refractivity contribution in [3.63, 3.8) is 0 Å². The maximum Gasteiger partial charge on any atom is 0.164 e. The SMILES string of the molecule is c1ccc(-c2nc(-c3ccccc3)nc(-c3ccc(-c4ccc(-c5ccc6ccccc6c5)cc4-c4ccc(-c5nc(-c6ccccc6)nc(-c6ccccc6)n5)cc4)cc3)n2)cc1. The highest BCUT2D eigenvalue weighted by molar-refractivity contribution is 5.91. The van der Waals surface area contributed by atoms with Gasteiger partial charge in [0, 0.05) is 33.4 Å². The monoisotopic (exact) mass is 818 g/mol. The molecule has 0 atom stereocenters. The van der Waals surface area contributed by atoms with Crippen LogP contribution in [-0.2, 0) is 0 Å². The summed E-state index contributed by atoms with van der Waals surface area (Å²) >= 11 is 0. The third kappa shape index (κ3) is 7.83. The largest absolute Gasteiger partial charge is 0.208 e. The Morgan fingerprint density at radius 1 is 0.172 bits per heavy atom. The summed E-state index contributed by atoms with van der Waals surface area (Å²) in [6, 6.07) is 79.2. The minimum Gasteiger partial charge on any atom is -0.208 e. The van der Waals surface area contributed by atoms with E-state index >= 15 is 0 Å². The van der Waals surface area contributed by atoms with Crippen LogP contribution in [0.25, 0.3) is 112 Å². The second kappa shape index (κ2) is 17.0. The van der Waals surface area contributed by atoms with Crippen LogP contribution in [0.3, 0.4) is 0 Å². The fraction of sp³-hybridized carbons (Fsp3) is 0. The first-order valence-corrected chi connectivity index (χ1v) is 21.3. The number of aromatic nitrogens is 6. The normalized spacial score (nSPS) is 11.1. The number of fused-ring (bicyclic) bond motifs is 1. The topological polar surface area (TPSA) is 77.3 Å². The molecule has 0 unspecified atom stereocenters. The molecule has 0 aliphatic rings. The van der Waals surface area contributed by atoms with E-state index in [9.17, 15) is 0 Å². The molecule has 2 aromatic heterocycles. The third-order valence-electron chi connectivity index (χ3n) is 11.4. The van der Waals surface area contributed by atoms with Gasteiger partial charge in [-0.3, -0.25) is 0 Å². The Kier molecular flexibility index (Phi) is 10.1. The molecule has 0 saturated carbocycles. The molecule has 0 spiro atoms. The minimum absolute atomic E-state index is 0.615. The number of hydrogen-bond acceptors (Lipinski definition) is 6. The highest BCUT2D eigenvalue weighted by Gasteiger charge is 2.16. The van der Waals surface area contributed by atoms with Crippen molar-refractivity contribution in [2.24, 2.45) is 0 Å². The van der Waals surface area contributed by atoms with Gasteiger partial charge in [-0.05, 0) is 56.3 Å². The van der Waals surface area contributed by atoms with E-state index in [0.717, 1.165) is 66.8 Å². The second-order valence-corrected chi connectivity index (χ2v) is 15.6. The number of hydrogen-bond donors (Lipinski definition) is 0. The van der Waals surface area contributed by atoms with Crippen molar-refractivity contribution in [3.05, 3.63) is 231 Å². The van der Waals surface area contributed by atoms with Crippen LogP contribution in [-0.4, -0.2) is 29.9 Å². The van der Waals surface area contributed by atoms with Gasteiger partial charge in [0.05, 0.1) is 0 Å². The zero-order valence-electron chi connectivity index (χ0n) is 34.6. The number of nitrogens with zero attached hydrogens (tertiary/aromatic N) is 6. The van der Waals surface area contributed by atoms with E-state index in [4.69, 9.17) is 29.9 Å². The molecule has 64 heavy (non-hydrogen) atoms. The van der Waals surface area contributed by atoms with Crippen molar-refractivity contribution in [2.75, 3.05) is 0 Å². The quantitative estimate of drug-likeness (QED) is 0.144. The zero-order valence-corrected chi connectivity index (χ0v) is 34.6. The summed E-state index contributed by atoms with van der Waals surface area (Å²) in [6.07, 6.45) is 0. The lowest BCUT2D eigenvalue weighted by Crippen LogP contribution is -2.00. The fourth-order valence-corrected chi connectivity index (χ4v) is 8.06. The highest BCUT2D eigenvalue weighted by Crippen LogP contribution is 2.38. The smallest absolute Gasteiger partial charge is 0.164 e. The molecule has 11 aromatic rings. The molecule has 0 aliphatic carbocycles. The van der Waals surface area contributed by atoms with Gasteiger partial charge in [-0.15, -0.1) is 0 Å². The van der Waals surface area contributed by atoms with Crippen LogP contribution in [0, 0.1) is 0 Å². The van der Waals surface area contributed by atoms with E-state index in [1.54, 1.807) is 0 Å². The van der Waals surface area contributed by atoms with E-state index in [1.165, 1.54) is 10.8 Å². The molecule has 0 saturated heterocycles. The van der Waals surface area contributed by atoms with E-state index in [1.807, 2.05) is 121 Å². The number of rotatable bonds is 9. The van der Waals surface area contributed by atoms with Crippen molar-refractivity contribution in [1.82, 2.24) is 29.9 Å². The molecule has 0 aliphatic heterocycles. The summed E-state index contributed by atoms with van der Waals surface area (Å²) in [4.78, 5) is 29.7. The van der Waals surface area contributed by atoms with E-state index in [2.05, 4.69) is 109 Å². The van der Waals surface area contributed by atoms with Crippen LogP contribution in [0.4, 0.5) is 0 Å². The van der Waals surface area contributed by atoms with Gasteiger partial charge in [0.1, 0.15) is 0 Å². The molecular weight excluding hydrogens is 781 g/mol. The lowest BCUT2D eigenvalue weighted by atomic mass is 9.90. The van der Waals surface area contributed by atoms with Gasteiger partial charge in [0.25, 0.3) is 0 Å². The van der Waals surface area contributed by atoms with Gasteiger partial charge in [-0.2, -0.15) is 0 Å². The molecule has 0 N–H and O–H groups in total. The zero-order chi connectivity index (χ0) is 42.7. The van der Waals surface area contributed by atoms with Crippen LogP contribution in [0.15, 0.2) is 231 Å². The molecule has 0 fully saturated rings. The van der Waals surface area contributed by atoms with Crippen LogP contribution < -0.4 is 0 Å². The number of benzene rings is 9. The van der Waals surface area contributed by atoms with Gasteiger partial charge < -0.3 is 0 Å². The summed E-state index contributed by atoms with van der Waals surface area (Å²) in [5, 5.41) is 2.42. The molecular formula is C58H38N6. The van der Waals surface area contributed by atoms with E-state index in [-0.39, 0.29) is 0 Å². The third-order valence-corrected chi connectivity index (χ3v) is 11.4. The maximum atomic E-state index is 4.99. The lowest BCUT2D eigenvalue weighted by molar-refractivity contribution is 1.07. The Hall–Kier alpha value is -8.74. The van der Waals surface area contributed by atoms with Crippen LogP contribution in [0.1, 0.15) is 0 Å². The van der Waals surface area contributed by atoms with Crippen LogP contribution in [0.5, 0.6) is 0 Å². The maximum absolute atomic E-state index is 4.99. The van der Waals surface area contributed by atoms with Crippen molar-refractivity contribution >= 4 is 10.8 Å². The molecule has 300 valence electrons. The van der Waals surface area contributed by atoms with Crippen molar-refractivity contribution in [3.8, 4) is 102 Å². The lowest BCUT2D eigenvalue weighted by Gasteiger charge is -2.15. The Balaban J connectivity index is 1.000. The summed E-state index contributed by atoms with van der Waals surface area (Å²) in [6.45, 7) is 0. The molecule has 2 heterocycles. The van der Waals surface area contributed by atoms with Gasteiger partial charge in [-0.25, -0.2) is 29.9 Å². The molecule has 6 nitrogen and oxygen atoms in total. The molecule has 11 rings (SSSR count). The van der Waals surface area contributed by atoms with Gasteiger partial charge in [-0.1, -0.05) is 218 Å².